The molecule has 3 aliphatic heterocycles. The quantitative estimate of drug-likeness (QED) is 0.832. The van der Waals surface area contributed by atoms with E-state index in [1.807, 2.05) is 35.5 Å². The van der Waals surface area contributed by atoms with Crippen molar-refractivity contribution in [1.29, 1.82) is 0 Å². The summed E-state index contributed by atoms with van der Waals surface area (Å²) in [6.07, 6.45) is 5.76. The minimum Gasteiger partial charge on any atom is -0.454 e. The number of carbonyl (C=O) groups excluding carboxylic acids is 1. The predicted molar refractivity (Wildman–Crippen MR) is 99.8 cm³/mol. The Morgan fingerprint density at radius 2 is 2.07 bits per heavy atom. The fraction of sp³-hybridized carbons (Fsp3) is 0.429. The molecule has 0 aliphatic carbocycles. The highest BCUT2D eigenvalue weighted by molar-refractivity contribution is 5.97. The Balaban J connectivity index is 1.23. The third-order valence-electron chi connectivity index (χ3n) is 5.74. The number of pyridine rings is 1. The lowest BCUT2D eigenvalue weighted by atomic mass is 9.97. The monoisotopic (exact) mass is 365 g/mol. The van der Waals surface area contributed by atoms with Crippen LogP contribution in [0.5, 0.6) is 11.5 Å². The van der Waals surface area contributed by atoms with Crippen LogP contribution in [-0.2, 0) is 13.0 Å². The van der Waals surface area contributed by atoms with E-state index in [0.29, 0.717) is 11.7 Å². The molecule has 0 N–H and O–H groups in total. The summed E-state index contributed by atoms with van der Waals surface area (Å²) in [5.74, 6) is 2.10. The number of carbonyl (C=O) groups is 1. The van der Waals surface area contributed by atoms with E-state index >= 15 is 0 Å². The van der Waals surface area contributed by atoms with Crippen LogP contribution in [0.4, 0.5) is 0 Å². The first-order valence-electron chi connectivity index (χ1n) is 9.59. The van der Waals surface area contributed by atoms with Gasteiger partial charge >= 0.3 is 0 Å². The summed E-state index contributed by atoms with van der Waals surface area (Å²) < 4.78 is 10.9. The molecule has 0 radical (unpaired) electrons. The number of likely N-dealkylation sites (tertiary alicyclic amines) is 1. The lowest BCUT2D eigenvalue weighted by molar-refractivity contribution is 0.0712. The molecule has 5 rings (SSSR count). The van der Waals surface area contributed by atoms with Gasteiger partial charge in [0.05, 0.1) is 0 Å². The van der Waals surface area contributed by atoms with Crippen LogP contribution in [0.15, 0.2) is 36.7 Å². The van der Waals surface area contributed by atoms with Crippen molar-refractivity contribution in [3.8, 4) is 11.5 Å². The summed E-state index contributed by atoms with van der Waals surface area (Å²) >= 11 is 0. The molecule has 6 heteroatoms. The Labute approximate surface area is 158 Å². The van der Waals surface area contributed by atoms with E-state index in [1.54, 1.807) is 0 Å². The number of aromatic nitrogens is 1. The third-order valence-corrected chi connectivity index (χ3v) is 5.74. The highest BCUT2D eigenvalue weighted by Crippen LogP contribution is 2.37. The molecule has 0 spiro atoms. The Kier molecular flexibility index (Phi) is 4.20. The second-order valence-electron chi connectivity index (χ2n) is 7.61. The number of benzene rings is 1. The van der Waals surface area contributed by atoms with Crippen LogP contribution < -0.4 is 9.47 Å². The minimum absolute atomic E-state index is 0.125. The molecule has 2 aromatic rings. The van der Waals surface area contributed by atoms with Crippen molar-refractivity contribution >= 4 is 5.91 Å². The van der Waals surface area contributed by atoms with Gasteiger partial charge in [-0.3, -0.25) is 14.7 Å². The number of ether oxygens (including phenoxy) is 2. The SMILES string of the molecule is O=C1c2cc3c(cc2CCN1CC1CCN(Cc2cccnc2)C1)OCO3. The van der Waals surface area contributed by atoms with Gasteiger partial charge in [-0.2, -0.15) is 0 Å². The number of hydrogen-bond donors (Lipinski definition) is 0. The highest BCUT2D eigenvalue weighted by Gasteiger charge is 2.31. The summed E-state index contributed by atoms with van der Waals surface area (Å²) in [6, 6.07) is 7.93. The van der Waals surface area contributed by atoms with Gasteiger partial charge in [0.2, 0.25) is 6.79 Å². The number of nitrogens with zero attached hydrogens (tertiary/aromatic N) is 3. The predicted octanol–water partition coefficient (Wildman–Crippen LogP) is 2.33. The van der Waals surface area contributed by atoms with Crippen molar-refractivity contribution in [3.63, 3.8) is 0 Å². The van der Waals surface area contributed by atoms with Gasteiger partial charge in [0.25, 0.3) is 5.91 Å². The van der Waals surface area contributed by atoms with Crippen LogP contribution in [0.25, 0.3) is 0 Å². The molecular weight excluding hydrogens is 342 g/mol. The molecule has 1 saturated heterocycles. The summed E-state index contributed by atoms with van der Waals surface area (Å²) in [5.41, 5.74) is 3.10. The molecule has 1 fully saturated rings. The first-order valence-corrected chi connectivity index (χ1v) is 9.59. The fourth-order valence-corrected chi connectivity index (χ4v) is 4.36. The number of rotatable bonds is 4. The standard InChI is InChI=1S/C21H23N3O3/c25-21-18-9-20-19(26-14-27-20)8-17(18)4-7-24(21)13-16-3-6-23(12-16)11-15-2-1-5-22-10-15/h1-2,5,8-10,16H,3-4,6-7,11-14H2. The lowest BCUT2D eigenvalue weighted by Crippen LogP contribution is -2.41. The Hall–Kier alpha value is -2.60. The molecule has 140 valence electrons. The van der Waals surface area contributed by atoms with Gasteiger partial charge in [0, 0.05) is 44.1 Å². The summed E-state index contributed by atoms with van der Waals surface area (Å²) in [4.78, 5) is 21.7. The lowest BCUT2D eigenvalue weighted by Gasteiger charge is -2.31. The maximum Gasteiger partial charge on any atom is 0.254 e. The van der Waals surface area contributed by atoms with Crippen molar-refractivity contribution in [2.45, 2.75) is 19.4 Å². The molecule has 1 aromatic heterocycles. The van der Waals surface area contributed by atoms with Gasteiger partial charge < -0.3 is 14.4 Å². The molecule has 0 bridgehead atoms. The number of fused-ring (bicyclic) bond motifs is 2. The Morgan fingerprint density at radius 3 is 2.93 bits per heavy atom. The van der Waals surface area contributed by atoms with Gasteiger partial charge in [-0.25, -0.2) is 0 Å². The molecule has 1 unspecified atom stereocenters. The maximum absolute atomic E-state index is 13.0. The molecule has 27 heavy (non-hydrogen) atoms. The molecule has 6 nitrogen and oxygen atoms in total. The van der Waals surface area contributed by atoms with Crippen LogP contribution in [0, 0.1) is 5.92 Å². The zero-order chi connectivity index (χ0) is 18.2. The topological polar surface area (TPSA) is 54.9 Å². The van der Waals surface area contributed by atoms with Gasteiger partial charge in [-0.15, -0.1) is 0 Å². The molecule has 3 aliphatic rings. The first-order chi connectivity index (χ1) is 13.3. The van der Waals surface area contributed by atoms with E-state index in [1.165, 1.54) is 5.56 Å². The molecular formula is C21H23N3O3. The Morgan fingerprint density at radius 1 is 1.19 bits per heavy atom. The van der Waals surface area contributed by atoms with Crippen LogP contribution in [0.2, 0.25) is 0 Å². The van der Waals surface area contributed by atoms with Crippen molar-refractivity contribution in [2.75, 3.05) is 33.0 Å². The van der Waals surface area contributed by atoms with Crippen LogP contribution >= 0.6 is 0 Å². The second kappa shape index (κ2) is 6.85. The second-order valence-corrected chi connectivity index (χ2v) is 7.61. The average molecular weight is 365 g/mol. The van der Waals surface area contributed by atoms with Crippen molar-refractivity contribution in [1.82, 2.24) is 14.8 Å². The molecule has 4 heterocycles. The molecule has 1 atom stereocenters. The van der Waals surface area contributed by atoms with E-state index in [4.69, 9.17) is 9.47 Å². The van der Waals surface area contributed by atoms with Crippen molar-refractivity contribution in [3.05, 3.63) is 53.3 Å². The summed E-state index contributed by atoms with van der Waals surface area (Å²) in [6.45, 7) is 4.90. The van der Waals surface area contributed by atoms with Crippen LogP contribution in [0.1, 0.15) is 27.9 Å². The zero-order valence-electron chi connectivity index (χ0n) is 15.3. The van der Waals surface area contributed by atoms with Crippen LogP contribution in [-0.4, -0.2) is 53.7 Å². The van der Waals surface area contributed by atoms with E-state index in [9.17, 15) is 4.79 Å². The van der Waals surface area contributed by atoms with Gasteiger partial charge in [0.1, 0.15) is 0 Å². The molecule has 1 amide bonds. The van der Waals surface area contributed by atoms with E-state index in [2.05, 4.69) is 16.0 Å². The molecule has 0 saturated carbocycles. The van der Waals surface area contributed by atoms with Gasteiger partial charge in [-0.1, -0.05) is 6.07 Å². The molecule has 1 aromatic carbocycles. The third kappa shape index (κ3) is 3.25. The van der Waals surface area contributed by atoms with Crippen molar-refractivity contribution in [2.24, 2.45) is 5.92 Å². The minimum atomic E-state index is 0.125. The fourth-order valence-electron chi connectivity index (χ4n) is 4.36. The largest absolute Gasteiger partial charge is 0.454 e. The van der Waals surface area contributed by atoms with Gasteiger partial charge in [0.15, 0.2) is 11.5 Å². The van der Waals surface area contributed by atoms with Crippen LogP contribution in [0.3, 0.4) is 0 Å². The summed E-state index contributed by atoms with van der Waals surface area (Å²) in [5, 5.41) is 0. The normalized spacial score (nSPS) is 21.6. The highest BCUT2D eigenvalue weighted by atomic mass is 16.7. The van der Waals surface area contributed by atoms with Gasteiger partial charge in [-0.05, 0) is 54.6 Å². The Bertz CT molecular complexity index is 855. The van der Waals surface area contributed by atoms with E-state index in [0.717, 1.165) is 62.4 Å². The van der Waals surface area contributed by atoms with E-state index in [-0.39, 0.29) is 12.7 Å². The van der Waals surface area contributed by atoms with Crippen molar-refractivity contribution < 1.29 is 14.3 Å². The maximum atomic E-state index is 13.0. The number of hydrogen-bond acceptors (Lipinski definition) is 5. The average Bonchev–Trinajstić information content (AvgIpc) is 3.32. The van der Waals surface area contributed by atoms with E-state index < -0.39 is 0 Å². The number of amides is 1. The first kappa shape index (κ1) is 16.6. The zero-order valence-corrected chi connectivity index (χ0v) is 15.3. The summed E-state index contributed by atoms with van der Waals surface area (Å²) in [7, 11) is 0. The smallest absolute Gasteiger partial charge is 0.254 e.